The van der Waals surface area contributed by atoms with Crippen molar-refractivity contribution in [3.05, 3.63) is 39.7 Å². The summed E-state index contributed by atoms with van der Waals surface area (Å²) in [6.45, 7) is 5.71. The van der Waals surface area contributed by atoms with Crippen LogP contribution in [0.4, 0.5) is 10.1 Å². The SMILES string of the molecule is CC(C)C1CCCN1Cc1cccc([N+](=O)[O-])c1F. The molecule has 0 saturated carbocycles. The minimum atomic E-state index is -0.693. The second kappa shape index (κ2) is 5.65. The number of nitro groups is 1. The molecule has 1 aromatic carbocycles. The van der Waals surface area contributed by atoms with E-state index >= 15 is 0 Å². The molecule has 0 N–H and O–H groups in total. The molecule has 1 heterocycles. The third kappa shape index (κ3) is 2.92. The highest BCUT2D eigenvalue weighted by Crippen LogP contribution is 2.28. The third-order valence-electron chi connectivity index (χ3n) is 3.81. The van der Waals surface area contributed by atoms with Crippen molar-refractivity contribution in [2.24, 2.45) is 5.92 Å². The van der Waals surface area contributed by atoms with Crippen molar-refractivity contribution in [1.29, 1.82) is 0 Å². The topological polar surface area (TPSA) is 46.4 Å². The van der Waals surface area contributed by atoms with Crippen molar-refractivity contribution < 1.29 is 9.31 Å². The summed E-state index contributed by atoms with van der Waals surface area (Å²) in [7, 11) is 0. The molecule has 1 aliphatic heterocycles. The molecule has 1 saturated heterocycles. The van der Waals surface area contributed by atoms with E-state index in [1.54, 1.807) is 12.1 Å². The van der Waals surface area contributed by atoms with E-state index < -0.39 is 16.4 Å². The molecule has 1 atom stereocenters. The van der Waals surface area contributed by atoms with Crippen molar-refractivity contribution in [1.82, 2.24) is 4.90 Å². The Morgan fingerprint density at radius 1 is 1.53 bits per heavy atom. The summed E-state index contributed by atoms with van der Waals surface area (Å²) in [4.78, 5) is 12.3. The van der Waals surface area contributed by atoms with Crippen molar-refractivity contribution in [2.75, 3.05) is 6.54 Å². The lowest BCUT2D eigenvalue weighted by molar-refractivity contribution is -0.387. The second-order valence-corrected chi connectivity index (χ2v) is 5.43. The lowest BCUT2D eigenvalue weighted by Gasteiger charge is -2.27. The van der Waals surface area contributed by atoms with Crippen LogP contribution in [-0.2, 0) is 6.54 Å². The van der Waals surface area contributed by atoms with Crippen LogP contribution >= 0.6 is 0 Å². The van der Waals surface area contributed by atoms with Crippen LogP contribution in [0.3, 0.4) is 0 Å². The highest BCUT2D eigenvalue weighted by molar-refractivity contribution is 5.36. The van der Waals surface area contributed by atoms with Gasteiger partial charge < -0.3 is 0 Å². The molecule has 5 heteroatoms. The number of hydrogen-bond acceptors (Lipinski definition) is 3. The maximum atomic E-state index is 14.0. The molecule has 1 aromatic rings. The predicted octanol–water partition coefficient (Wildman–Crippen LogP) is 3.35. The van der Waals surface area contributed by atoms with E-state index in [-0.39, 0.29) is 0 Å². The van der Waals surface area contributed by atoms with Gasteiger partial charge in [-0.05, 0) is 25.3 Å². The lowest BCUT2D eigenvalue weighted by atomic mass is 10.0. The van der Waals surface area contributed by atoms with Gasteiger partial charge in [-0.15, -0.1) is 0 Å². The Kier molecular flexibility index (Phi) is 4.14. The van der Waals surface area contributed by atoms with Crippen LogP contribution in [0.5, 0.6) is 0 Å². The molecule has 104 valence electrons. The molecular weight excluding hydrogens is 247 g/mol. The van der Waals surface area contributed by atoms with Gasteiger partial charge in [-0.2, -0.15) is 4.39 Å². The summed E-state index contributed by atoms with van der Waals surface area (Å²) in [6, 6.07) is 4.84. The molecule has 0 amide bonds. The first-order valence-electron chi connectivity index (χ1n) is 6.66. The van der Waals surface area contributed by atoms with Gasteiger partial charge in [-0.1, -0.05) is 26.0 Å². The van der Waals surface area contributed by atoms with Gasteiger partial charge in [-0.25, -0.2) is 0 Å². The van der Waals surface area contributed by atoms with Gasteiger partial charge in [0.2, 0.25) is 5.82 Å². The van der Waals surface area contributed by atoms with E-state index in [9.17, 15) is 14.5 Å². The molecule has 0 spiro atoms. The zero-order valence-electron chi connectivity index (χ0n) is 11.3. The van der Waals surface area contributed by atoms with Crippen molar-refractivity contribution in [3.63, 3.8) is 0 Å². The number of likely N-dealkylation sites (tertiary alicyclic amines) is 1. The maximum Gasteiger partial charge on any atom is 0.305 e. The minimum absolute atomic E-state index is 0.418. The molecule has 0 bridgehead atoms. The first kappa shape index (κ1) is 13.9. The van der Waals surface area contributed by atoms with E-state index in [1.165, 1.54) is 6.07 Å². The second-order valence-electron chi connectivity index (χ2n) is 5.43. The number of benzene rings is 1. The van der Waals surface area contributed by atoms with Crippen LogP contribution in [-0.4, -0.2) is 22.4 Å². The van der Waals surface area contributed by atoms with Crippen LogP contribution in [0, 0.1) is 21.8 Å². The van der Waals surface area contributed by atoms with Gasteiger partial charge in [0.1, 0.15) is 0 Å². The Morgan fingerprint density at radius 3 is 2.89 bits per heavy atom. The summed E-state index contributed by atoms with van der Waals surface area (Å²) in [5.41, 5.74) is -0.0143. The van der Waals surface area contributed by atoms with Crippen LogP contribution in [0.1, 0.15) is 32.3 Å². The Hall–Kier alpha value is -1.49. The molecule has 4 nitrogen and oxygen atoms in total. The zero-order valence-corrected chi connectivity index (χ0v) is 11.3. The monoisotopic (exact) mass is 266 g/mol. The van der Waals surface area contributed by atoms with Gasteiger partial charge in [-0.3, -0.25) is 15.0 Å². The molecule has 0 aliphatic carbocycles. The van der Waals surface area contributed by atoms with E-state index in [0.717, 1.165) is 19.4 Å². The van der Waals surface area contributed by atoms with E-state index in [2.05, 4.69) is 18.7 Å². The summed E-state index contributed by atoms with van der Waals surface area (Å²) >= 11 is 0. The zero-order chi connectivity index (χ0) is 14.0. The van der Waals surface area contributed by atoms with Crippen LogP contribution in [0.25, 0.3) is 0 Å². The first-order valence-corrected chi connectivity index (χ1v) is 6.66. The first-order chi connectivity index (χ1) is 9.00. The molecule has 1 unspecified atom stereocenters. The van der Waals surface area contributed by atoms with Crippen molar-refractivity contribution in [2.45, 2.75) is 39.3 Å². The number of nitro benzene ring substituents is 1. The lowest BCUT2D eigenvalue weighted by Crippen LogP contribution is -2.33. The third-order valence-corrected chi connectivity index (χ3v) is 3.81. The van der Waals surface area contributed by atoms with E-state index in [1.807, 2.05) is 0 Å². The fraction of sp³-hybridized carbons (Fsp3) is 0.571. The van der Waals surface area contributed by atoms with E-state index in [0.29, 0.717) is 24.1 Å². The number of hydrogen-bond donors (Lipinski definition) is 0. The molecule has 19 heavy (non-hydrogen) atoms. The van der Waals surface area contributed by atoms with Crippen molar-refractivity contribution >= 4 is 5.69 Å². The summed E-state index contributed by atoms with van der Waals surface area (Å²) in [6.07, 6.45) is 2.23. The van der Waals surface area contributed by atoms with Gasteiger partial charge in [0.05, 0.1) is 4.92 Å². The molecule has 0 radical (unpaired) electrons. The highest BCUT2D eigenvalue weighted by Gasteiger charge is 2.28. The molecule has 0 aromatic heterocycles. The Morgan fingerprint density at radius 2 is 2.26 bits per heavy atom. The smallest absolute Gasteiger partial charge is 0.296 e. The summed E-state index contributed by atoms with van der Waals surface area (Å²) in [5.74, 6) is -0.175. The highest BCUT2D eigenvalue weighted by atomic mass is 19.1. The average molecular weight is 266 g/mol. The Bertz CT molecular complexity index is 477. The minimum Gasteiger partial charge on any atom is -0.296 e. The average Bonchev–Trinajstić information content (AvgIpc) is 2.79. The molecule has 2 rings (SSSR count). The number of halogens is 1. The normalized spacial score (nSPS) is 20.1. The van der Waals surface area contributed by atoms with Crippen LogP contribution in [0.15, 0.2) is 18.2 Å². The molecule has 1 fully saturated rings. The molecular formula is C14H19FN2O2. The molecule has 1 aliphatic rings. The Labute approximate surface area is 112 Å². The summed E-state index contributed by atoms with van der Waals surface area (Å²) in [5, 5.41) is 10.7. The van der Waals surface area contributed by atoms with Crippen molar-refractivity contribution in [3.8, 4) is 0 Å². The number of nitrogens with zero attached hydrogens (tertiary/aromatic N) is 2. The van der Waals surface area contributed by atoms with Crippen LogP contribution < -0.4 is 0 Å². The van der Waals surface area contributed by atoms with Gasteiger partial charge >= 0.3 is 5.69 Å². The quantitative estimate of drug-likeness (QED) is 0.620. The summed E-state index contributed by atoms with van der Waals surface area (Å²) < 4.78 is 14.0. The fourth-order valence-electron chi connectivity index (χ4n) is 2.85. The van der Waals surface area contributed by atoms with E-state index in [4.69, 9.17) is 0 Å². The largest absolute Gasteiger partial charge is 0.305 e. The standard InChI is InChI=1S/C14H19FN2O2/c1-10(2)12-7-4-8-16(12)9-11-5-3-6-13(14(11)15)17(18)19/h3,5-6,10,12H,4,7-9H2,1-2H3. The Balaban J connectivity index is 2.19. The maximum absolute atomic E-state index is 14.0. The van der Waals surface area contributed by atoms with Crippen LogP contribution in [0.2, 0.25) is 0 Å². The fourth-order valence-corrected chi connectivity index (χ4v) is 2.85. The van der Waals surface area contributed by atoms with Gasteiger partial charge in [0.15, 0.2) is 0 Å². The number of rotatable bonds is 4. The van der Waals surface area contributed by atoms with Gasteiger partial charge in [0.25, 0.3) is 0 Å². The predicted molar refractivity (Wildman–Crippen MR) is 71.3 cm³/mol. The van der Waals surface area contributed by atoms with Gasteiger partial charge in [0, 0.05) is 24.2 Å².